The molecule has 0 aliphatic carbocycles. The first-order valence-corrected chi connectivity index (χ1v) is 7.02. The summed E-state index contributed by atoms with van der Waals surface area (Å²) in [6.45, 7) is 4.17. The number of nitrogens with one attached hydrogen (secondary N) is 1. The Labute approximate surface area is 122 Å². The molecular formula is C14H20BrNO3. The van der Waals surface area contributed by atoms with Gasteiger partial charge in [-0.15, -0.1) is 0 Å². The van der Waals surface area contributed by atoms with Crippen molar-refractivity contribution in [1.29, 1.82) is 0 Å². The van der Waals surface area contributed by atoms with Gasteiger partial charge in [0.1, 0.15) is 5.75 Å². The smallest absolute Gasteiger partial charge is 0.223 e. The van der Waals surface area contributed by atoms with Crippen LogP contribution in [0.15, 0.2) is 28.7 Å². The minimum Gasteiger partial charge on any atom is -0.493 e. The highest BCUT2D eigenvalue weighted by Crippen LogP contribution is 2.16. The van der Waals surface area contributed by atoms with Crippen LogP contribution in [0.3, 0.4) is 0 Å². The molecule has 4 nitrogen and oxygen atoms in total. The molecule has 0 saturated heterocycles. The third-order valence-electron chi connectivity index (χ3n) is 2.63. The maximum absolute atomic E-state index is 11.7. The minimum absolute atomic E-state index is 0.0582. The highest BCUT2D eigenvalue weighted by Gasteiger charge is 2.19. The van der Waals surface area contributed by atoms with Crippen LogP contribution in [0.25, 0.3) is 0 Å². The number of hydrogen-bond acceptors (Lipinski definition) is 3. The Morgan fingerprint density at radius 3 is 2.58 bits per heavy atom. The van der Waals surface area contributed by atoms with E-state index in [0.29, 0.717) is 19.4 Å². The number of benzene rings is 1. The number of carbonyl (C=O) groups is 1. The first-order valence-electron chi connectivity index (χ1n) is 6.23. The first-order chi connectivity index (χ1) is 8.93. The molecule has 0 aromatic heterocycles. The van der Waals surface area contributed by atoms with Crippen LogP contribution in [0, 0.1) is 0 Å². The van der Waals surface area contributed by atoms with Crippen LogP contribution in [0.4, 0.5) is 0 Å². The van der Waals surface area contributed by atoms with E-state index in [1.807, 2.05) is 38.1 Å². The summed E-state index contributed by atoms with van der Waals surface area (Å²) in [6, 6.07) is 7.47. The zero-order valence-corrected chi connectivity index (χ0v) is 12.9. The zero-order chi connectivity index (χ0) is 14.3. The van der Waals surface area contributed by atoms with Crippen LogP contribution in [0.1, 0.15) is 26.7 Å². The topological polar surface area (TPSA) is 58.6 Å². The molecule has 0 unspecified atom stereocenters. The molecule has 19 heavy (non-hydrogen) atoms. The molecule has 0 fully saturated rings. The van der Waals surface area contributed by atoms with Gasteiger partial charge in [0.2, 0.25) is 5.91 Å². The van der Waals surface area contributed by atoms with Crippen LogP contribution in [0.2, 0.25) is 0 Å². The molecule has 0 bridgehead atoms. The van der Waals surface area contributed by atoms with E-state index in [0.717, 1.165) is 10.2 Å². The Balaban J connectivity index is 2.29. The van der Waals surface area contributed by atoms with Crippen molar-refractivity contribution >= 4 is 21.8 Å². The Bertz CT molecular complexity index is 404. The molecule has 0 aliphatic heterocycles. The molecule has 106 valence electrons. The minimum atomic E-state index is -0.385. The van der Waals surface area contributed by atoms with Crippen LogP contribution in [0.5, 0.6) is 5.75 Å². The predicted molar refractivity (Wildman–Crippen MR) is 78.2 cm³/mol. The molecule has 0 atom stereocenters. The third kappa shape index (κ3) is 6.59. The molecule has 2 N–H and O–H groups in total. The van der Waals surface area contributed by atoms with Crippen molar-refractivity contribution in [3.8, 4) is 5.75 Å². The van der Waals surface area contributed by atoms with E-state index in [-0.39, 0.29) is 18.1 Å². The van der Waals surface area contributed by atoms with Crippen molar-refractivity contribution in [1.82, 2.24) is 5.32 Å². The Morgan fingerprint density at radius 2 is 2.00 bits per heavy atom. The molecule has 1 aromatic carbocycles. The van der Waals surface area contributed by atoms with E-state index >= 15 is 0 Å². The molecule has 1 aromatic rings. The van der Waals surface area contributed by atoms with Crippen LogP contribution in [-0.2, 0) is 4.79 Å². The molecule has 1 amide bonds. The molecule has 0 aliphatic rings. The maximum atomic E-state index is 11.7. The van der Waals surface area contributed by atoms with E-state index in [4.69, 9.17) is 9.84 Å². The normalized spacial score (nSPS) is 11.2. The lowest BCUT2D eigenvalue weighted by atomic mass is 10.0. The van der Waals surface area contributed by atoms with Gasteiger partial charge >= 0.3 is 0 Å². The lowest BCUT2D eigenvalue weighted by molar-refractivity contribution is -0.123. The molecule has 5 heteroatoms. The van der Waals surface area contributed by atoms with Crippen molar-refractivity contribution in [2.75, 3.05) is 13.2 Å². The van der Waals surface area contributed by atoms with Gasteiger partial charge in [-0.05, 0) is 44.5 Å². The molecular weight excluding hydrogens is 310 g/mol. The lowest BCUT2D eigenvalue weighted by Crippen LogP contribution is -2.44. The van der Waals surface area contributed by atoms with Gasteiger partial charge < -0.3 is 15.2 Å². The monoisotopic (exact) mass is 329 g/mol. The number of rotatable bonds is 7. The second-order valence-electron chi connectivity index (χ2n) is 4.96. The summed E-state index contributed by atoms with van der Waals surface area (Å²) in [5, 5.41) is 11.7. The van der Waals surface area contributed by atoms with Gasteiger partial charge in [-0.25, -0.2) is 0 Å². The van der Waals surface area contributed by atoms with Crippen molar-refractivity contribution < 1.29 is 14.6 Å². The van der Waals surface area contributed by atoms with E-state index in [2.05, 4.69) is 21.2 Å². The van der Waals surface area contributed by atoms with Gasteiger partial charge in [0.15, 0.2) is 0 Å². The molecule has 0 spiro atoms. The second kappa shape index (κ2) is 7.50. The quantitative estimate of drug-likeness (QED) is 0.808. The number of hydrogen-bond donors (Lipinski definition) is 2. The summed E-state index contributed by atoms with van der Waals surface area (Å²) in [6.07, 6.45) is 0.831. The Kier molecular flexibility index (Phi) is 6.31. The fourth-order valence-electron chi connectivity index (χ4n) is 1.57. The molecule has 0 saturated carbocycles. The van der Waals surface area contributed by atoms with Gasteiger partial charge in [0, 0.05) is 16.6 Å². The van der Waals surface area contributed by atoms with Crippen molar-refractivity contribution in [2.24, 2.45) is 0 Å². The number of amides is 1. The number of aliphatic hydroxyl groups is 1. The number of carbonyl (C=O) groups excluding carboxylic acids is 1. The SMILES string of the molecule is CC(C)(CCO)NC(=O)CCOc1ccc(Br)cc1. The highest BCUT2D eigenvalue weighted by atomic mass is 79.9. The molecule has 1 rings (SSSR count). The van der Waals surface area contributed by atoms with E-state index < -0.39 is 0 Å². The van der Waals surface area contributed by atoms with E-state index in [9.17, 15) is 4.79 Å². The maximum Gasteiger partial charge on any atom is 0.223 e. The largest absolute Gasteiger partial charge is 0.493 e. The summed E-state index contributed by atoms with van der Waals surface area (Å²) in [7, 11) is 0. The van der Waals surface area contributed by atoms with Crippen LogP contribution < -0.4 is 10.1 Å². The predicted octanol–water partition coefficient (Wildman–Crippen LogP) is 2.50. The lowest BCUT2D eigenvalue weighted by Gasteiger charge is -2.25. The summed E-state index contributed by atoms with van der Waals surface area (Å²) < 4.78 is 6.46. The van der Waals surface area contributed by atoms with Gasteiger partial charge in [0.05, 0.1) is 13.0 Å². The summed E-state index contributed by atoms with van der Waals surface area (Å²) in [4.78, 5) is 11.7. The van der Waals surface area contributed by atoms with Crippen LogP contribution >= 0.6 is 15.9 Å². The number of aliphatic hydroxyl groups excluding tert-OH is 1. The summed E-state index contributed by atoms with van der Waals surface area (Å²) >= 11 is 3.34. The fraction of sp³-hybridized carbons (Fsp3) is 0.500. The van der Waals surface area contributed by atoms with Crippen molar-refractivity contribution in [3.05, 3.63) is 28.7 Å². The fourth-order valence-corrected chi connectivity index (χ4v) is 1.84. The summed E-state index contributed by atoms with van der Waals surface area (Å²) in [5.74, 6) is 0.668. The Morgan fingerprint density at radius 1 is 1.37 bits per heavy atom. The average Bonchev–Trinajstić information content (AvgIpc) is 2.30. The van der Waals surface area contributed by atoms with Gasteiger partial charge in [-0.2, -0.15) is 0 Å². The van der Waals surface area contributed by atoms with Gasteiger partial charge in [-0.1, -0.05) is 15.9 Å². The van der Waals surface area contributed by atoms with Gasteiger partial charge in [0.25, 0.3) is 0 Å². The molecule has 0 heterocycles. The van der Waals surface area contributed by atoms with Crippen LogP contribution in [-0.4, -0.2) is 29.8 Å². The van der Waals surface area contributed by atoms with E-state index in [1.165, 1.54) is 0 Å². The summed E-state index contributed by atoms with van der Waals surface area (Å²) in [5.41, 5.74) is -0.385. The Hall–Kier alpha value is -1.07. The molecule has 0 radical (unpaired) electrons. The van der Waals surface area contributed by atoms with E-state index in [1.54, 1.807) is 0 Å². The third-order valence-corrected chi connectivity index (χ3v) is 3.15. The first kappa shape index (κ1) is 16.0. The zero-order valence-electron chi connectivity index (χ0n) is 11.3. The average molecular weight is 330 g/mol. The van der Waals surface area contributed by atoms with Crippen molar-refractivity contribution in [3.63, 3.8) is 0 Å². The van der Waals surface area contributed by atoms with Gasteiger partial charge in [-0.3, -0.25) is 4.79 Å². The second-order valence-corrected chi connectivity index (χ2v) is 5.87. The number of ether oxygens (including phenoxy) is 1. The standard InChI is InChI=1S/C14H20BrNO3/c1-14(2,8-9-17)16-13(18)7-10-19-12-5-3-11(15)4-6-12/h3-6,17H,7-10H2,1-2H3,(H,16,18). The number of halogens is 1. The highest BCUT2D eigenvalue weighted by molar-refractivity contribution is 9.10. The van der Waals surface area contributed by atoms with Crippen molar-refractivity contribution in [2.45, 2.75) is 32.2 Å².